The number of carbonyl (C=O) groups excluding carboxylic acids is 1. The molecule has 2 N–H and O–H groups in total. The minimum Gasteiger partial charge on any atom is -0.497 e. The summed E-state index contributed by atoms with van der Waals surface area (Å²) < 4.78 is 5.05. The highest BCUT2D eigenvalue weighted by Gasteiger charge is 2.10. The lowest BCUT2D eigenvalue weighted by atomic mass is 10.1. The molecule has 1 heterocycles. The van der Waals surface area contributed by atoms with Crippen molar-refractivity contribution >= 4 is 16.8 Å². The molecule has 1 aromatic heterocycles. The molecule has 0 aliphatic carbocycles. The summed E-state index contributed by atoms with van der Waals surface area (Å²) in [5.41, 5.74) is 6.13. The number of aromatic nitrogens is 2. The van der Waals surface area contributed by atoms with Crippen molar-refractivity contribution in [1.82, 2.24) is 9.97 Å². The van der Waals surface area contributed by atoms with Crippen LogP contribution in [0.4, 0.5) is 0 Å². The Balaban J connectivity index is 2.80. The first-order valence-corrected chi connectivity index (χ1v) is 4.30. The zero-order chi connectivity index (χ0) is 10.8. The van der Waals surface area contributed by atoms with Gasteiger partial charge in [0.05, 0.1) is 18.2 Å². The van der Waals surface area contributed by atoms with Crippen LogP contribution in [0.5, 0.6) is 5.75 Å². The third kappa shape index (κ3) is 1.59. The smallest absolute Gasteiger partial charge is 0.251 e. The van der Waals surface area contributed by atoms with E-state index in [2.05, 4.69) is 9.97 Å². The molecular formula is C10H9N3O2. The van der Waals surface area contributed by atoms with E-state index in [0.29, 0.717) is 16.8 Å². The number of primary amides is 1. The van der Waals surface area contributed by atoms with Crippen LogP contribution < -0.4 is 10.5 Å². The van der Waals surface area contributed by atoms with Crippen molar-refractivity contribution < 1.29 is 9.53 Å². The number of fused-ring (bicyclic) bond motifs is 1. The Bertz CT molecular complexity index is 525. The van der Waals surface area contributed by atoms with Crippen molar-refractivity contribution in [1.29, 1.82) is 0 Å². The van der Waals surface area contributed by atoms with Gasteiger partial charge in [0, 0.05) is 11.6 Å². The molecule has 5 heteroatoms. The number of amides is 1. The van der Waals surface area contributed by atoms with Gasteiger partial charge in [-0.2, -0.15) is 0 Å². The number of hydrogen-bond donors (Lipinski definition) is 1. The van der Waals surface area contributed by atoms with Gasteiger partial charge in [0.25, 0.3) is 5.91 Å². The highest BCUT2D eigenvalue weighted by molar-refractivity contribution is 6.05. The fraction of sp³-hybridized carbons (Fsp3) is 0.100. The molecule has 76 valence electrons. The summed E-state index contributed by atoms with van der Waals surface area (Å²) in [6.07, 6.45) is 2.98. The predicted molar refractivity (Wildman–Crippen MR) is 54.6 cm³/mol. The quantitative estimate of drug-likeness (QED) is 0.780. The van der Waals surface area contributed by atoms with Crippen molar-refractivity contribution in [2.24, 2.45) is 5.73 Å². The predicted octanol–water partition coefficient (Wildman–Crippen LogP) is 0.737. The molecule has 0 aliphatic heterocycles. The van der Waals surface area contributed by atoms with Crippen LogP contribution in [-0.2, 0) is 0 Å². The number of nitrogens with two attached hydrogens (primary N) is 1. The summed E-state index contributed by atoms with van der Waals surface area (Å²) in [7, 11) is 1.52. The molecule has 2 rings (SSSR count). The number of carbonyl (C=O) groups is 1. The second kappa shape index (κ2) is 3.53. The van der Waals surface area contributed by atoms with E-state index in [9.17, 15) is 4.79 Å². The lowest BCUT2D eigenvalue weighted by Gasteiger charge is -2.05. The van der Waals surface area contributed by atoms with Crippen LogP contribution in [0.2, 0.25) is 0 Å². The standard InChI is InChI=1S/C10H9N3O2/c1-15-7-2-6-4-12-5-13-9(6)8(3-7)10(11)14/h2-5H,1H3,(H2,11,14). The zero-order valence-corrected chi connectivity index (χ0v) is 8.10. The lowest BCUT2D eigenvalue weighted by molar-refractivity contribution is 0.100. The van der Waals surface area contributed by atoms with E-state index in [4.69, 9.17) is 10.5 Å². The first kappa shape index (κ1) is 9.39. The number of rotatable bonds is 2. The molecule has 1 aromatic carbocycles. The molecule has 5 nitrogen and oxygen atoms in total. The average Bonchev–Trinajstić information content (AvgIpc) is 2.27. The number of benzene rings is 1. The van der Waals surface area contributed by atoms with E-state index < -0.39 is 5.91 Å². The summed E-state index contributed by atoms with van der Waals surface area (Å²) in [5, 5.41) is 0.727. The molecule has 0 radical (unpaired) electrons. The Hall–Kier alpha value is -2.17. The van der Waals surface area contributed by atoms with Gasteiger partial charge in [-0.3, -0.25) is 4.79 Å². The van der Waals surface area contributed by atoms with E-state index in [1.165, 1.54) is 13.4 Å². The first-order valence-electron chi connectivity index (χ1n) is 4.30. The van der Waals surface area contributed by atoms with Gasteiger partial charge in [-0.25, -0.2) is 9.97 Å². The second-order valence-electron chi connectivity index (χ2n) is 3.00. The van der Waals surface area contributed by atoms with Gasteiger partial charge in [0.15, 0.2) is 0 Å². The highest BCUT2D eigenvalue weighted by Crippen LogP contribution is 2.22. The van der Waals surface area contributed by atoms with Crippen LogP contribution in [0, 0.1) is 0 Å². The van der Waals surface area contributed by atoms with Gasteiger partial charge in [-0.05, 0) is 12.1 Å². The molecule has 0 aliphatic rings. The highest BCUT2D eigenvalue weighted by atomic mass is 16.5. The van der Waals surface area contributed by atoms with Crippen LogP contribution in [0.3, 0.4) is 0 Å². The molecule has 15 heavy (non-hydrogen) atoms. The van der Waals surface area contributed by atoms with Crippen molar-refractivity contribution in [3.05, 3.63) is 30.2 Å². The van der Waals surface area contributed by atoms with E-state index in [-0.39, 0.29) is 0 Å². The molecule has 2 aromatic rings. The van der Waals surface area contributed by atoms with Gasteiger partial charge in [-0.15, -0.1) is 0 Å². The van der Waals surface area contributed by atoms with Crippen LogP contribution in [0.1, 0.15) is 10.4 Å². The van der Waals surface area contributed by atoms with E-state index in [1.54, 1.807) is 18.3 Å². The maximum Gasteiger partial charge on any atom is 0.251 e. The second-order valence-corrected chi connectivity index (χ2v) is 3.00. The topological polar surface area (TPSA) is 78.1 Å². The van der Waals surface area contributed by atoms with Crippen LogP contribution in [-0.4, -0.2) is 23.0 Å². The van der Waals surface area contributed by atoms with Gasteiger partial charge in [0.1, 0.15) is 12.1 Å². The molecular weight excluding hydrogens is 194 g/mol. The maximum atomic E-state index is 11.2. The first-order chi connectivity index (χ1) is 7.22. The van der Waals surface area contributed by atoms with E-state index in [0.717, 1.165) is 5.39 Å². The van der Waals surface area contributed by atoms with E-state index in [1.807, 2.05) is 0 Å². The Morgan fingerprint density at radius 1 is 1.47 bits per heavy atom. The van der Waals surface area contributed by atoms with Crippen molar-refractivity contribution in [2.45, 2.75) is 0 Å². The minimum absolute atomic E-state index is 0.340. The normalized spacial score (nSPS) is 10.2. The number of methoxy groups -OCH3 is 1. The molecule has 0 spiro atoms. The summed E-state index contributed by atoms with van der Waals surface area (Å²) >= 11 is 0. The molecule has 0 bridgehead atoms. The van der Waals surface area contributed by atoms with Gasteiger partial charge >= 0.3 is 0 Å². The molecule has 0 unspecified atom stereocenters. The molecule has 0 saturated heterocycles. The van der Waals surface area contributed by atoms with Gasteiger partial charge < -0.3 is 10.5 Å². The minimum atomic E-state index is -0.530. The van der Waals surface area contributed by atoms with Crippen molar-refractivity contribution in [2.75, 3.05) is 7.11 Å². The number of ether oxygens (including phenoxy) is 1. The summed E-state index contributed by atoms with van der Waals surface area (Å²) in [5.74, 6) is 0.0312. The number of hydrogen-bond acceptors (Lipinski definition) is 4. The average molecular weight is 203 g/mol. The summed E-state index contributed by atoms with van der Waals surface area (Å²) in [6, 6.07) is 3.32. The summed E-state index contributed by atoms with van der Waals surface area (Å²) in [4.78, 5) is 19.1. The van der Waals surface area contributed by atoms with E-state index >= 15 is 0 Å². The monoisotopic (exact) mass is 203 g/mol. The van der Waals surface area contributed by atoms with Gasteiger partial charge in [-0.1, -0.05) is 0 Å². The third-order valence-electron chi connectivity index (χ3n) is 2.08. The van der Waals surface area contributed by atoms with Crippen LogP contribution in [0.15, 0.2) is 24.7 Å². The Morgan fingerprint density at radius 2 is 2.27 bits per heavy atom. The third-order valence-corrected chi connectivity index (χ3v) is 2.08. The molecule has 1 amide bonds. The van der Waals surface area contributed by atoms with Crippen molar-refractivity contribution in [3.8, 4) is 5.75 Å². The lowest BCUT2D eigenvalue weighted by Crippen LogP contribution is -2.12. The summed E-state index contributed by atoms with van der Waals surface area (Å²) in [6.45, 7) is 0. The SMILES string of the molecule is COc1cc(C(N)=O)c2ncncc2c1. The van der Waals surface area contributed by atoms with Gasteiger partial charge in [0.2, 0.25) is 0 Å². The van der Waals surface area contributed by atoms with Crippen LogP contribution >= 0.6 is 0 Å². The maximum absolute atomic E-state index is 11.2. The number of nitrogens with zero attached hydrogens (tertiary/aromatic N) is 2. The Morgan fingerprint density at radius 3 is 2.93 bits per heavy atom. The largest absolute Gasteiger partial charge is 0.497 e. The fourth-order valence-corrected chi connectivity index (χ4v) is 1.38. The molecule has 0 fully saturated rings. The fourth-order valence-electron chi connectivity index (χ4n) is 1.38. The Labute approximate surface area is 85.9 Å². The van der Waals surface area contributed by atoms with Crippen LogP contribution in [0.25, 0.3) is 10.9 Å². The Kier molecular flexibility index (Phi) is 2.21. The zero-order valence-electron chi connectivity index (χ0n) is 8.10. The van der Waals surface area contributed by atoms with Crippen molar-refractivity contribution in [3.63, 3.8) is 0 Å². The molecule has 0 saturated carbocycles. The molecule has 0 atom stereocenters.